The second-order valence-corrected chi connectivity index (χ2v) is 3.86. The van der Waals surface area contributed by atoms with E-state index in [9.17, 15) is 4.79 Å². The summed E-state index contributed by atoms with van der Waals surface area (Å²) in [5.41, 5.74) is 0.475. The number of carbonyl (C=O) groups is 1. The van der Waals surface area contributed by atoms with Crippen molar-refractivity contribution in [2.45, 2.75) is 6.54 Å². The van der Waals surface area contributed by atoms with Gasteiger partial charge in [-0.1, -0.05) is 0 Å². The Labute approximate surface area is 111 Å². The van der Waals surface area contributed by atoms with Crippen molar-refractivity contribution in [2.75, 3.05) is 14.2 Å². The summed E-state index contributed by atoms with van der Waals surface area (Å²) >= 11 is 0. The summed E-state index contributed by atoms with van der Waals surface area (Å²) in [5, 5.41) is 2.76. The molecular formula is C14H15NO4. The Morgan fingerprint density at radius 3 is 2.42 bits per heavy atom. The summed E-state index contributed by atoms with van der Waals surface area (Å²) in [6.45, 7) is 0.339. The van der Waals surface area contributed by atoms with E-state index in [1.54, 1.807) is 50.8 Å². The van der Waals surface area contributed by atoms with Gasteiger partial charge in [-0.25, -0.2) is 0 Å². The summed E-state index contributed by atoms with van der Waals surface area (Å²) in [7, 11) is 3.08. The Morgan fingerprint density at radius 1 is 1.21 bits per heavy atom. The number of ether oxygens (including phenoxy) is 2. The molecular weight excluding hydrogens is 246 g/mol. The molecule has 0 atom stereocenters. The van der Waals surface area contributed by atoms with Gasteiger partial charge in [-0.15, -0.1) is 0 Å². The first-order valence-electron chi connectivity index (χ1n) is 5.76. The van der Waals surface area contributed by atoms with E-state index in [0.717, 1.165) is 0 Å². The molecule has 1 aromatic carbocycles. The van der Waals surface area contributed by atoms with Crippen molar-refractivity contribution in [2.24, 2.45) is 0 Å². The highest BCUT2D eigenvalue weighted by molar-refractivity contribution is 5.95. The van der Waals surface area contributed by atoms with Crippen LogP contribution in [0.2, 0.25) is 0 Å². The molecule has 0 spiro atoms. The third-order valence-corrected chi connectivity index (χ3v) is 2.62. The van der Waals surface area contributed by atoms with Gasteiger partial charge in [-0.05, 0) is 24.3 Å². The molecule has 2 rings (SSSR count). The minimum Gasteiger partial charge on any atom is -0.497 e. The van der Waals surface area contributed by atoms with E-state index in [2.05, 4.69) is 5.32 Å². The van der Waals surface area contributed by atoms with Gasteiger partial charge < -0.3 is 19.2 Å². The largest absolute Gasteiger partial charge is 0.497 e. The van der Waals surface area contributed by atoms with Crippen LogP contribution in [0.4, 0.5) is 0 Å². The van der Waals surface area contributed by atoms with Gasteiger partial charge in [0.05, 0.1) is 27.0 Å². The fourth-order valence-corrected chi connectivity index (χ4v) is 1.62. The molecule has 5 heteroatoms. The average Bonchev–Trinajstić information content (AvgIpc) is 2.97. The van der Waals surface area contributed by atoms with Gasteiger partial charge in [0.1, 0.15) is 17.3 Å². The maximum atomic E-state index is 12.0. The quantitative estimate of drug-likeness (QED) is 0.896. The zero-order chi connectivity index (χ0) is 13.7. The zero-order valence-electron chi connectivity index (χ0n) is 10.8. The molecule has 0 aliphatic carbocycles. The number of furan rings is 1. The molecule has 2 aromatic rings. The summed E-state index contributed by atoms with van der Waals surface area (Å²) in [6, 6.07) is 8.59. The van der Waals surface area contributed by atoms with E-state index in [-0.39, 0.29) is 5.91 Å². The number of benzene rings is 1. The van der Waals surface area contributed by atoms with Gasteiger partial charge in [0.25, 0.3) is 5.91 Å². The van der Waals surface area contributed by atoms with Crippen LogP contribution in [-0.4, -0.2) is 20.1 Å². The lowest BCUT2D eigenvalue weighted by Crippen LogP contribution is -2.22. The van der Waals surface area contributed by atoms with Crippen LogP contribution in [0.1, 0.15) is 16.1 Å². The van der Waals surface area contributed by atoms with Crippen LogP contribution in [-0.2, 0) is 6.54 Å². The van der Waals surface area contributed by atoms with Crippen LogP contribution in [0.3, 0.4) is 0 Å². The Hall–Kier alpha value is -2.43. The van der Waals surface area contributed by atoms with Crippen LogP contribution < -0.4 is 14.8 Å². The molecule has 0 aliphatic heterocycles. The molecule has 0 bridgehead atoms. The van der Waals surface area contributed by atoms with E-state index in [1.165, 1.54) is 0 Å². The van der Waals surface area contributed by atoms with Gasteiger partial charge in [0, 0.05) is 11.6 Å². The lowest BCUT2D eigenvalue weighted by molar-refractivity contribution is 0.0947. The van der Waals surface area contributed by atoms with Crippen molar-refractivity contribution in [3.05, 3.63) is 47.9 Å². The third-order valence-electron chi connectivity index (χ3n) is 2.62. The van der Waals surface area contributed by atoms with Crippen molar-refractivity contribution in [3.8, 4) is 11.5 Å². The molecule has 1 amide bonds. The highest BCUT2D eigenvalue weighted by atomic mass is 16.5. The van der Waals surface area contributed by atoms with E-state index < -0.39 is 0 Å². The number of rotatable bonds is 5. The number of hydrogen-bond donors (Lipinski definition) is 1. The fourth-order valence-electron chi connectivity index (χ4n) is 1.62. The van der Waals surface area contributed by atoms with Gasteiger partial charge in [-0.3, -0.25) is 4.79 Å². The molecule has 19 heavy (non-hydrogen) atoms. The molecule has 1 heterocycles. The molecule has 5 nitrogen and oxygen atoms in total. The minimum absolute atomic E-state index is 0.214. The SMILES string of the molecule is COc1cc(OC)cc(C(=O)NCc2ccco2)c1. The molecule has 0 saturated heterocycles. The van der Waals surface area contributed by atoms with Gasteiger partial charge in [0.2, 0.25) is 0 Å². The van der Waals surface area contributed by atoms with Gasteiger partial charge >= 0.3 is 0 Å². The lowest BCUT2D eigenvalue weighted by atomic mass is 10.2. The van der Waals surface area contributed by atoms with Crippen molar-refractivity contribution >= 4 is 5.91 Å². The first kappa shape index (κ1) is 13.0. The second-order valence-electron chi connectivity index (χ2n) is 3.86. The Kier molecular flexibility index (Phi) is 4.07. The Morgan fingerprint density at radius 2 is 1.89 bits per heavy atom. The summed E-state index contributed by atoms with van der Waals surface area (Å²) in [4.78, 5) is 12.0. The Balaban J connectivity index is 2.09. The van der Waals surface area contributed by atoms with E-state index in [0.29, 0.717) is 29.4 Å². The average molecular weight is 261 g/mol. The molecule has 0 saturated carbocycles. The number of hydrogen-bond acceptors (Lipinski definition) is 4. The van der Waals surface area contributed by atoms with Crippen molar-refractivity contribution in [1.29, 1.82) is 0 Å². The fraction of sp³-hybridized carbons (Fsp3) is 0.214. The molecule has 1 aromatic heterocycles. The summed E-state index contributed by atoms with van der Waals surface area (Å²) < 4.78 is 15.4. The second kappa shape index (κ2) is 5.95. The molecule has 0 radical (unpaired) electrons. The van der Waals surface area contributed by atoms with E-state index in [1.807, 2.05) is 0 Å². The molecule has 0 aliphatic rings. The molecule has 0 unspecified atom stereocenters. The number of carbonyl (C=O) groups excluding carboxylic acids is 1. The predicted molar refractivity (Wildman–Crippen MR) is 69.4 cm³/mol. The van der Waals surface area contributed by atoms with Crippen molar-refractivity contribution in [1.82, 2.24) is 5.32 Å². The number of methoxy groups -OCH3 is 2. The van der Waals surface area contributed by atoms with Gasteiger partial charge in [0.15, 0.2) is 0 Å². The molecule has 100 valence electrons. The first-order chi connectivity index (χ1) is 9.22. The Bertz CT molecular complexity index is 526. The van der Waals surface area contributed by atoms with E-state index in [4.69, 9.17) is 13.9 Å². The van der Waals surface area contributed by atoms with Crippen LogP contribution in [0.25, 0.3) is 0 Å². The first-order valence-corrected chi connectivity index (χ1v) is 5.76. The van der Waals surface area contributed by atoms with Crippen LogP contribution in [0.5, 0.6) is 11.5 Å². The molecule has 1 N–H and O–H groups in total. The number of nitrogens with one attached hydrogen (secondary N) is 1. The van der Waals surface area contributed by atoms with Crippen molar-refractivity contribution in [3.63, 3.8) is 0 Å². The standard InChI is InChI=1S/C14H15NO4/c1-17-12-6-10(7-13(8-12)18-2)14(16)15-9-11-4-3-5-19-11/h3-8H,9H2,1-2H3,(H,15,16). The number of amides is 1. The summed E-state index contributed by atoms with van der Waals surface area (Å²) in [5.74, 6) is 1.63. The molecule has 0 fully saturated rings. The topological polar surface area (TPSA) is 60.7 Å². The smallest absolute Gasteiger partial charge is 0.251 e. The summed E-state index contributed by atoms with van der Waals surface area (Å²) in [6.07, 6.45) is 1.57. The lowest BCUT2D eigenvalue weighted by Gasteiger charge is -2.08. The van der Waals surface area contributed by atoms with Crippen LogP contribution >= 0.6 is 0 Å². The predicted octanol–water partition coefficient (Wildman–Crippen LogP) is 2.23. The highest BCUT2D eigenvalue weighted by Gasteiger charge is 2.10. The monoisotopic (exact) mass is 261 g/mol. The van der Waals surface area contributed by atoms with Crippen LogP contribution in [0.15, 0.2) is 41.0 Å². The highest BCUT2D eigenvalue weighted by Crippen LogP contribution is 2.22. The van der Waals surface area contributed by atoms with Gasteiger partial charge in [-0.2, -0.15) is 0 Å². The third kappa shape index (κ3) is 3.28. The van der Waals surface area contributed by atoms with Crippen molar-refractivity contribution < 1.29 is 18.7 Å². The van der Waals surface area contributed by atoms with E-state index >= 15 is 0 Å². The minimum atomic E-state index is -0.214. The maximum absolute atomic E-state index is 12.0. The zero-order valence-corrected chi connectivity index (χ0v) is 10.8. The maximum Gasteiger partial charge on any atom is 0.251 e. The normalized spacial score (nSPS) is 10.0. The van der Waals surface area contributed by atoms with Crippen LogP contribution in [0, 0.1) is 0 Å².